The molecule has 0 spiro atoms. The topological polar surface area (TPSA) is 86.6 Å². The highest BCUT2D eigenvalue weighted by molar-refractivity contribution is 6.41. The maximum absolute atomic E-state index is 12.1. The third kappa shape index (κ3) is 4.71. The molecule has 0 saturated heterocycles. The lowest BCUT2D eigenvalue weighted by Gasteiger charge is -2.22. The summed E-state index contributed by atoms with van der Waals surface area (Å²) in [5, 5.41) is 2.66. The lowest BCUT2D eigenvalue weighted by Crippen LogP contribution is -2.47. The second kappa shape index (κ2) is 9.01. The number of rotatable bonds is 4. The van der Waals surface area contributed by atoms with E-state index in [0.717, 1.165) is 0 Å². The first-order chi connectivity index (χ1) is 10.6. The lowest BCUT2D eigenvalue weighted by atomic mass is 10.4. The Labute approximate surface area is 131 Å². The molecule has 0 aliphatic carbocycles. The molecule has 1 aliphatic heterocycles. The van der Waals surface area contributed by atoms with E-state index < -0.39 is 6.03 Å². The summed E-state index contributed by atoms with van der Waals surface area (Å²) in [5.41, 5.74) is 0. The van der Waals surface area contributed by atoms with Gasteiger partial charge in [0.15, 0.2) is 5.84 Å². The number of nitrogens with zero attached hydrogens (tertiary/aromatic N) is 4. The highest BCUT2D eigenvalue weighted by atomic mass is 16.5. The summed E-state index contributed by atoms with van der Waals surface area (Å²) in [4.78, 5) is 35.4. The van der Waals surface area contributed by atoms with Gasteiger partial charge in [0.25, 0.3) is 5.90 Å². The minimum absolute atomic E-state index is 0.0728. The normalized spacial score (nSPS) is 15.8. The first kappa shape index (κ1) is 17.9. The van der Waals surface area contributed by atoms with Crippen LogP contribution in [0.3, 0.4) is 0 Å². The van der Waals surface area contributed by atoms with E-state index >= 15 is 0 Å². The zero-order valence-electron chi connectivity index (χ0n) is 13.8. The maximum Gasteiger partial charge on any atom is 0.346 e. The van der Waals surface area contributed by atoms with Crippen molar-refractivity contribution in [2.45, 2.75) is 27.7 Å². The van der Waals surface area contributed by atoms with Crippen molar-refractivity contribution in [3.63, 3.8) is 0 Å². The fourth-order valence-corrected chi connectivity index (χ4v) is 1.96. The molecular weight excluding hydrogens is 286 g/mol. The number of amides is 4. The molecule has 8 nitrogen and oxygen atoms in total. The molecule has 22 heavy (non-hydrogen) atoms. The summed E-state index contributed by atoms with van der Waals surface area (Å²) in [7, 11) is 0. The summed E-state index contributed by atoms with van der Waals surface area (Å²) < 4.78 is 5.39. The lowest BCUT2D eigenvalue weighted by molar-refractivity contribution is 0.207. The second-order valence-corrected chi connectivity index (χ2v) is 4.55. The van der Waals surface area contributed by atoms with Crippen molar-refractivity contribution in [2.24, 2.45) is 9.98 Å². The van der Waals surface area contributed by atoms with Crippen LogP contribution in [0.15, 0.2) is 9.98 Å². The number of aliphatic imine (C=N–C) groups is 2. The Morgan fingerprint density at radius 3 is 2.27 bits per heavy atom. The van der Waals surface area contributed by atoms with Crippen LogP contribution in [-0.2, 0) is 4.74 Å². The molecule has 0 unspecified atom stereocenters. The van der Waals surface area contributed by atoms with E-state index in [9.17, 15) is 9.59 Å². The van der Waals surface area contributed by atoms with Crippen molar-refractivity contribution >= 4 is 23.8 Å². The van der Waals surface area contributed by atoms with Crippen LogP contribution < -0.4 is 5.32 Å². The van der Waals surface area contributed by atoms with E-state index in [4.69, 9.17) is 4.74 Å². The third-order valence-corrected chi connectivity index (χ3v) is 3.31. The number of carbonyl (C=O) groups excluding carboxylic acids is 2. The SMILES string of the molecule is CCN(CC)C(=O)N=C1OCCN=C1NC(=O)N(CC)CC. The van der Waals surface area contributed by atoms with Gasteiger partial charge in [0.2, 0.25) is 0 Å². The molecule has 4 amide bonds. The molecule has 0 saturated carbocycles. The van der Waals surface area contributed by atoms with Gasteiger partial charge in [-0.05, 0) is 27.7 Å². The molecule has 0 aromatic carbocycles. The predicted molar refractivity (Wildman–Crippen MR) is 85.5 cm³/mol. The maximum atomic E-state index is 12.1. The van der Waals surface area contributed by atoms with Gasteiger partial charge >= 0.3 is 12.1 Å². The Morgan fingerprint density at radius 2 is 1.73 bits per heavy atom. The van der Waals surface area contributed by atoms with Crippen molar-refractivity contribution < 1.29 is 14.3 Å². The van der Waals surface area contributed by atoms with Crippen molar-refractivity contribution in [1.29, 1.82) is 0 Å². The van der Waals surface area contributed by atoms with Crippen LogP contribution in [0.4, 0.5) is 9.59 Å². The largest absolute Gasteiger partial charge is 0.473 e. The van der Waals surface area contributed by atoms with Crippen LogP contribution >= 0.6 is 0 Å². The third-order valence-electron chi connectivity index (χ3n) is 3.31. The Kier molecular flexibility index (Phi) is 7.34. The smallest absolute Gasteiger partial charge is 0.346 e. The molecule has 0 aromatic rings. The van der Waals surface area contributed by atoms with E-state index in [1.54, 1.807) is 9.80 Å². The molecule has 1 aliphatic rings. The summed E-state index contributed by atoms with van der Waals surface area (Å²) in [6.45, 7) is 10.6. The van der Waals surface area contributed by atoms with E-state index in [2.05, 4.69) is 15.3 Å². The zero-order chi connectivity index (χ0) is 16.5. The molecule has 0 bridgehead atoms. The van der Waals surface area contributed by atoms with Crippen LogP contribution in [0.2, 0.25) is 0 Å². The number of hydrogen-bond donors (Lipinski definition) is 1. The summed E-state index contributed by atoms with van der Waals surface area (Å²) in [6, 6.07) is -0.677. The van der Waals surface area contributed by atoms with E-state index in [1.165, 1.54) is 0 Å². The van der Waals surface area contributed by atoms with Gasteiger partial charge in [0, 0.05) is 26.2 Å². The minimum atomic E-state index is -0.397. The monoisotopic (exact) mass is 311 g/mol. The van der Waals surface area contributed by atoms with Crippen LogP contribution in [0, 0.1) is 0 Å². The van der Waals surface area contributed by atoms with E-state index in [-0.39, 0.29) is 17.8 Å². The molecule has 1 heterocycles. The molecule has 124 valence electrons. The Hall–Kier alpha value is -2.12. The molecular formula is C14H25N5O3. The predicted octanol–water partition coefficient (Wildman–Crippen LogP) is 1.33. The standard InChI is InChI=1S/C14H25N5O3/c1-5-18(6-2)13(20)16-11-12(22-10-9-15-11)17-14(21)19(7-3)8-4/h5-10H2,1-4H3,(H,15,16,20). The van der Waals surface area contributed by atoms with Crippen molar-refractivity contribution in [3.05, 3.63) is 0 Å². The van der Waals surface area contributed by atoms with Gasteiger partial charge in [0.05, 0.1) is 6.54 Å². The highest BCUT2D eigenvalue weighted by Crippen LogP contribution is 2.00. The first-order valence-corrected chi connectivity index (χ1v) is 7.68. The van der Waals surface area contributed by atoms with Crippen molar-refractivity contribution in [3.8, 4) is 0 Å². The number of carbonyl (C=O) groups is 2. The summed E-state index contributed by atoms with van der Waals surface area (Å²) in [5.74, 6) is 0.285. The van der Waals surface area contributed by atoms with Gasteiger partial charge in [-0.2, -0.15) is 4.99 Å². The Balaban J connectivity index is 2.85. The summed E-state index contributed by atoms with van der Waals surface area (Å²) >= 11 is 0. The fourth-order valence-electron chi connectivity index (χ4n) is 1.96. The van der Waals surface area contributed by atoms with Gasteiger partial charge < -0.3 is 14.5 Å². The number of hydrogen-bond acceptors (Lipinski definition) is 4. The quantitative estimate of drug-likeness (QED) is 0.849. The average Bonchev–Trinajstić information content (AvgIpc) is 2.51. The molecule has 0 radical (unpaired) electrons. The fraction of sp³-hybridized carbons (Fsp3) is 0.714. The molecule has 0 fully saturated rings. The Morgan fingerprint density at radius 1 is 1.14 bits per heavy atom. The first-order valence-electron chi connectivity index (χ1n) is 7.68. The highest BCUT2D eigenvalue weighted by Gasteiger charge is 2.22. The van der Waals surface area contributed by atoms with Crippen LogP contribution in [0.25, 0.3) is 0 Å². The van der Waals surface area contributed by atoms with E-state index in [1.807, 2.05) is 27.7 Å². The second-order valence-electron chi connectivity index (χ2n) is 4.55. The van der Waals surface area contributed by atoms with Gasteiger partial charge in [-0.25, -0.2) is 9.59 Å². The molecule has 0 aromatic heterocycles. The average molecular weight is 311 g/mol. The molecule has 1 N–H and O–H groups in total. The van der Waals surface area contributed by atoms with Gasteiger partial charge in [-0.15, -0.1) is 0 Å². The molecule has 0 atom stereocenters. The van der Waals surface area contributed by atoms with Crippen molar-refractivity contribution in [2.75, 3.05) is 39.3 Å². The number of nitrogens with one attached hydrogen (secondary N) is 1. The van der Waals surface area contributed by atoms with E-state index in [0.29, 0.717) is 39.3 Å². The number of ether oxygens (including phenoxy) is 1. The van der Waals surface area contributed by atoms with Gasteiger partial charge in [0.1, 0.15) is 6.61 Å². The van der Waals surface area contributed by atoms with Gasteiger partial charge in [-0.1, -0.05) is 0 Å². The van der Waals surface area contributed by atoms with Crippen LogP contribution in [-0.4, -0.2) is 72.9 Å². The van der Waals surface area contributed by atoms with Gasteiger partial charge in [-0.3, -0.25) is 10.3 Å². The van der Waals surface area contributed by atoms with Crippen LogP contribution in [0.1, 0.15) is 27.7 Å². The molecule has 1 rings (SSSR count). The summed E-state index contributed by atoms with van der Waals surface area (Å²) in [6.07, 6.45) is 0. The van der Waals surface area contributed by atoms with Crippen molar-refractivity contribution in [1.82, 2.24) is 15.1 Å². The minimum Gasteiger partial charge on any atom is -0.473 e. The number of amidine groups is 1. The number of urea groups is 2. The Bertz CT molecular complexity index is 453. The van der Waals surface area contributed by atoms with Crippen LogP contribution in [0.5, 0.6) is 0 Å². The zero-order valence-corrected chi connectivity index (χ0v) is 13.8. The molecule has 8 heteroatoms.